The minimum absolute atomic E-state index is 0.0513. The Labute approximate surface area is 234 Å². The molecular weight excluding hydrogens is 538 g/mol. The smallest absolute Gasteiger partial charge is 0.244 e. The van der Waals surface area contributed by atoms with E-state index >= 15 is 0 Å². The molecule has 206 valence electrons. The largest absolute Gasteiger partial charge is 0.355 e. The predicted octanol–water partition coefficient (Wildman–Crippen LogP) is 4.08. The highest BCUT2D eigenvalue weighted by atomic mass is 35.5. The summed E-state index contributed by atoms with van der Waals surface area (Å²) in [5.74, 6) is -1.16. The van der Waals surface area contributed by atoms with Crippen LogP contribution in [-0.2, 0) is 32.6 Å². The third kappa shape index (κ3) is 8.40. The zero-order chi connectivity index (χ0) is 28.6. The molecule has 3 aromatic carbocycles. The molecule has 1 atom stereocenters. The van der Waals surface area contributed by atoms with Crippen molar-refractivity contribution in [2.24, 2.45) is 0 Å². The van der Waals surface area contributed by atoms with E-state index in [4.69, 9.17) is 11.6 Å². The maximum atomic E-state index is 14.0. The molecule has 0 bridgehead atoms. The molecule has 1 N–H and O–H groups in total. The van der Waals surface area contributed by atoms with Crippen LogP contribution in [0.1, 0.15) is 35.3 Å². The quantitative estimate of drug-likeness (QED) is 0.331. The van der Waals surface area contributed by atoms with Gasteiger partial charge in [0, 0.05) is 30.1 Å². The van der Waals surface area contributed by atoms with Gasteiger partial charge in [-0.15, -0.1) is 0 Å². The van der Waals surface area contributed by atoms with E-state index in [1.807, 2.05) is 30.3 Å². The van der Waals surface area contributed by atoms with Crippen molar-refractivity contribution in [3.63, 3.8) is 0 Å². The topological polar surface area (TPSA) is 104 Å². The Morgan fingerprint density at radius 3 is 2.18 bits per heavy atom. The Kier molecular flexibility index (Phi) is 10.3. The number of benzene rings is 3. The molecule has 0 saturated carbocycles. The van der Waals surface area contributed by atoms with Crippen LogP contribution in [0.4, 0.5) is 5.69 Å². The molecule has 3 rings (SSSR count). The molecule has 0 spiro atoms. The highest BCUT2D eigenvalue weighted by molar-refractivity contribution is 7.92. The van der Waals surface area contributed by atoms with Crippen molar-refractivity contribution in [1.82, 2.24) is 10.2 Å². The van der Waals surface area contributed by atoms with Crippen LogP contribution >= 0.6 is 11.6 Å². The number of anilines is 1. The molecular formula is C29H32ClN3O5S. The zero-order valence-corrected chi connectivity index (χ0v) is 23.7. The van der Waals surface area contributed by atoms with Gasteiger partial charge in [0.15, 0.2) is 5.78 Å². The molecule has 0 unspecified atom stereocenters. The lowest BCUT2D eigenvalue weighted by atomic mass is 10.0. The van der Waals surface area contributed by atoms with Gasteiger partial charge >= 0.3 is 0 Å². The van der Waals surface area contributed by atoms with Gasteiger partial charge in [-0.05, 0) is 49.2 Å². The number of likely N-dealkylation sites (N-methyl/N-ethyl adjacent to an activating group) is 1. The summed E-state index contributed by atoms with van der Waals surface area (Å²) in [6.45, 7) is 3.02. The van der Waals surface area contributed by atoms with Crippen molar-refractivity contribution in [3.8, 4) is 0 Å². The second-order valence-electron chi connectivity index (χ2n) is 9.12. The van der Waals surface area contributed by atoms with Crippen molar-refractivity contribution < 1.29 is 22.8 Å². The highest BCUT2D eigenvalue weighted by Gasteiger charge is 2.33. The van der Waals surface area contributed by atoms with E-state index < -0.39 is 28.5 Å². The van der Waals surface area contributed by atoms with Gasteiger partial charge in [-0.1, -0.05) is 66.2 Å². The summed E-state index contributed by atoms with van der Waals surface area (Å²) in [6, 6.07) is 21.4. The summed E-state index contributed by atoms with van der Waals surface area (Å²) in [4.78, 5) is 40.6. The first-order valence-corrected chi connectivity index (χ1v) is 14.7. The monoisotopic (exact) mass is 569 g/mol. The molecule has 0 aliphatic rings. The molecule has 0 radical (unpaired) electrons. The van der Waals surface area contributed by atoms with Crippen LogP contribution in [0.2, 0.25) is 5.02 Å². The Balaban J connectivity index is 2.05. The van der Waals surface area contributed by atoms with E-state index in [1.54, 1.807) is 43.3 Å². The normalized spacial score (nSPS) is 11.9. The van der Waals surface area contributed by atoms with Crippen LogP contribution in [0.5, 0.6) is 0 Å². The van der Waals surface area contributed by atoms with Crippen LogP contribution < -0.4 is 9.62 Å². The van der Waals surface area contributed by atoms with E-state index in [1.165, 1.54) is 24.0 Å². The average Bonchev–Trinajstić information content (AvgIpc) is 2.90. The molecule has 0 saturated heterocycles. The van der Waals surface area contributed by atoms with Gasteiger partial charge in [0.25, 0.3) is 0 Å². The number of rotatable bonds is 12. The van der Waals surface area contributed by atoms with Gasteiger partial charge < -0.3 is 10.2 Å². The van der Waals surface area contributed by atoms with Gasteiger partial charge in [0.1, 0.15) is 12.6 Å². The minimum atomic E-state index is -3.93. The third-order valence-corrected chi connectivity index (χ3v) is 7.50. The van der Waals surface area contributed by atoms with Crippen molar-refractivity contribution in [3.05, 3.63) is 101 Å². The van der Waals surface area contributed by atoms with Crippen LogP contribution in [-0.4, -0.2) is 56.3 Å². The number of ketones is 1. The maximum absolute atomic E-state index is 14.0. The number of Topliss-reactive ketones (excluding diaryl/α,β-unsaturated/α-hetero) is 1. The Morgan fingerprint density at radius 1 is 0.923 bits per heavy atom. The predicted molar refractivity (Wildman–Crippen MR) is 153 cm³/mol. The first-order valence-electron chi connectivity index (χ1n) is 12.4. The first-order chi connectivity index (χ1) is 18.5. The number of hydrogen-bond donors (Lipinski definition) is 1. The van der Waals surface area contributed by atoms with Crippen molar-refractivity contribution in [1.29, 1.82) is 0 Å². The molecule has 0 fully saturated rings. The van der Waals surface area contributed by atoms with E-state index in [9.17, 15) is 22.8 Å². The van der Waals surface area contributed by atoms with Gasteiger partial charge in [0.05, 0.1) is 11.9 Å². The summed E-state index contributed by atoms with van der Waals surface area (Å²) >= 11 is 6.05. The summed E-state index contributed by atoms with van der Waals surface area (Å²) in [6.07, 6.45) is 1.22. The fourth-order valence-corrected chi connectivity index (χ4v) is 5.09. The minimum Gasteiger partial charge on any atom is -0.355 e. The standard InChI is InChI=1S/C29H32ClN3O5S/c1-4-31-29(36)27(17-22-9-6-5-7-10-22)32(19-23-13-15-25(30)16-14-23)28(35)20-33(39(3,37)38)26-12-8-11-24(18-26)21(2)34/h5-16,18,27H,4,17,19-20H2,1-3H3,(H,31,36)/t27-/m0/s1. The third-order valence-electron chi connectivity index (χ3n) is 6.11. The SMILES string of the molecule is CCNC(=O)[C@H](Cc1ccccc1)N(Cc1ccc(Cl)cc1)C(=O)CN(c1cccc(C(C)=O)c1)S(C)(=O)=O. The molecule has 39 heavy (non-hydrogen) atoms. The van der Waals surface area contributed by atoms with E-state index in [2.05, 4.69) is 5.32 Å². The molecule has 8 nitrogen and oxygen atoms in total. The number of hydrogen-bond acceptors (Lipinski definition) is 5. The second-order valence-corrected chi connectivity index (χ2v) is 11.5. The summed E-state index contributed by atoms with van der Waals surface area (Å²) in [5, 5.41) is 3.33. The van der Waals surface area contributed by atoms with E-state index in [0.29, 0.717) is 17.1 Å². The average molecular weight is 570 g/mol. The second kappa shape index (κ2) is 13.4. The number of amides is 2. The first kappa shape index (κ1) is 29.9. The highest BCUT2D eigenvalue weighted by Crippen LogP contribution is 2.22. The number of carbonyl (C=O) groups is 3. The molecule has 0 aromatic heterocycles. The van der Waals surface area contributed by atoms with E-state index in [-0.39, 0.29) is 30.3 Å². The molecule has 0 heterocycles. The van der Waals surface area contributed by atoms with Crippen LogP contribution in [0.25, 0.3) is 0 Å². The lowest BCUT2D eigenvalue weighted by Gasteiger charge is -2.33. The zero-order valence-electron chi connectivity index (χ0n) is 22.1. The number of sulfonamides is 1. The van der Waals surface area contributed by atoms with Gasteiger partial charge in [-0.2, -0.15) is 0 Å². The molecule has 3 aromatic rings. The summed E-state index contributed by atoms with van der Waals surface area (Å²) in [7, 11) is -3.93. The number of halogens is 1. The number of nitrogens with one attached hydrogen (secondary N) is 1. The summed E-state index contributed by atoms with van der Waals surface area (Å²) in [5.41, 5.74) is 2.06. The van der Waals surface area contributed by atoms with Crippen molar-refractivity contribution in [2.75, 3.05) is 23.7 Å². The molecule has 2 amide bonds. The Bertz CT molecular complexity index is 1410. The van der Waals surface area contributed by atoms with E-state index in [0.717, 1.165) is 21.7 Å². The molecule has 0 aliphatic heterocycles. The van der Waals surface area contributed by atoms with Gasteiger partial charge in [0.2, 0.25) is 21.8 Å². The Morgan fingerprint density at radius 2 is 1.59 bits per heavy atom. The molecule has 10 heteroatoms. The van der Waals surface area contributed by atoms with Crippen LogP contribution in [0.15, 0.2) is 78.9 Å². The lowest BCUT2D eigenvalue weighted by Crippen LogP contribution is -2.53. The van der Waals surface area contributed by atoms with Gasteiger partial charge in [-0.3, -0.25) is 18.7 Å². The maximum Gasteiger partial charge on any atom is 0.244 e. The number of nitrogens with zero attached hydrogens (tertiary/aromatic N) is 2. The fraction of sp³-hybridized carbons (Fsp3) is 0.276. The number of carbonyl (C=O) groups excluding carboxylic acids is 3. The lowest BCUT2D eigenvalue weighted by molar-refractivity contribution is -0.140. The van der Waals surface area contributed by atoms with Crippen LogP contribution in [0, 0.1) is 0 Å². The summed E-state index contributed by atoms with van der Waals surface area (Å²) < 4.78 is 26.6. The fourth-order valence-electron chi connectivity index (χ4n) is 4.13. The van der Waals surface area contributed by atoms with Crippen LogP contribution in [0.3, 0.4) is 0 Å². The van der Waals surface area contributed by atoms with Gasteiger partial charge in [-0.25, -0.2) is 8.42 Å². The van der Waals surface area contributed by atoms with Crippen molar-refractivity contribution in [2.45, 2.75) is 32.9 Å². The Hall–Kier alpha value is -3.69. The molecule has 0 aliphatic carbocycles. The van der Waals surface area contributed by atoms with Crippen molar-refractivity contribution >= 4 is 44.9 Å².